The van der Waals surface area contributed by atoms with Crippen molar-refractivity contribution < 1.29 is 23.7 Å². The maximum atomic E-state index is 9.13. The molecule has 3 heterocycles. The monoisotopic (exact) mass is 652 g/mol. The van der Waals surface area contributed by atoms with Gasteiger partial charge in [0.1, 0.15) is 0 Å². The Bertz CT molecular complexity index is 1160. The number of aliphatic hydroxyl groups excluding tert-OH is 1. The van der Waals surface area contributed by atoms with Crippen LogP contribution in [0.4, 0.5) is 0 Å². The van der Waals surface area contributed by atoms with Gasteiger partial charge in [0.25, 0.3) is 0 Å². The second-order valence-electron chi connectivity index (χ2n) is 16.2. The van der Waals surface area contributed by atoms with Crippen LogP contribution in [0.5, 0.6) is 0 Å². The van der Waals surface area contributed by atoms with Crippen LogP contribution in [-0.4, -0.2) is 63.3 Å². The molecule has 3 aliphatic rings. The van der Waals surface area contributed by atoms with Gasteiger partial charge >= 0.3 is 0 Å². The van der Waals surface area contributed by atoms with Gasteiger partial charge in [0.2, 0.25) is 0 Å². The van der Waals surface area contributed by atoms with E-state index in [2.05, 4.69) is 98.1 Å². The maximum Gasteiger partial charge on any atom is 0.191 e. The molecule has 0 amide bonds. The molecule has 5 nitrogen and oxygen atoms in total. The normalized spacial score (nSPS) is 33.3. The molecule has 6 heteroatoms. The zero-order chi connectivity index (χ0) is 33.6. The second-order valence-corrected chi connectivity index (χ2v) is 21.1. The minimum absolute atomic E-state index is 0.00440. The van der Waals surface area contributed by atoms with Crippen molar-refractivity contribution in [3.05, 3.63) is 72.4 Å². The topological polar surface area (TPSA) is 57.2 Å². The zero-order valence-electron chi connectivity index (χ0n) is 30.2. The van der Waals surface area contributed by atoms with Crippen molar-refractivity contribution >= 4 is 8.32 Å². The van der Waals surface area contributed by atoms with E-state index in [9.17, 15) is 0 Å². The summed E-state index contributed by atoms with van der Waals surface area (Å²) in [4.78, 5) is 0. The zero-order valence-corrected chi connectivity index (χ0v) is 31.2. The molecule has 0 radical (unpaired) electrons. The smallest absolute Gasteiger partial charge is 0.191 e. The van der Waals surface area contributed by atoms with Crippen molar-refractivity contribution in [2.24, 2.45) is 23.7 Å². The first-order valence-corrected chi connectivity index (χ1v) is 20.9. The third kappa shape index (κ3) is 9.76. The van der Waals surface area contributed by atoms with Crippen molar-refractivity contribution in [1.29, 1.82) is 0 Å². The summed E-state index contributed by atoms with van der Waals surface area (Å²) < 4.78 is 26.7. The van der Waals surface area contributed by atoms with Crippen molar-refractivity contribution in [1.82, 2.24) is 0 Å². The lowest BCUT2D eigenvalue weighted by molar-refractivity contribution is -0.0740. The number of rotatable bonds is 14. The van der Waals surface area contributed by atoms with Crippen LogP contribution >= 0.6 is 0 Å². The van der Waals surface area contributed by atoms with Gasteiger partial charge in [-0.2, -0.15) is 0 Å². The minimum atomic E-state index is -1.79. The number of aliphatic hydroxyl groups is 1. The highest BCUT2D eigenvalue weighted by Crippen LogP contribution is 2.43. The molecular formula is C40H64O5Si. The van der Waals surface area contributed by atoms with E-state index in [0.29, 0.717) is 23.7 Å². The first-order valence-electron chi connectivity index (χ1n) is 18.0. The first kappa shape index (κ1) is 37.3. The fraction of sp³-hybridized carbons (Fsp3) is 0.700. The lowest BCUT2D eigenvalue weighted by Crippen LogP contribution is -2.42. The molecule has 258 valence electrons. The minimum Gasteiger partial charge on any atom is -0.417 e. The molecule has 0 aromatic heterocycles. The molecule has 3 saturated heterocycles. The molecular weight excluding hydrogens is 589 g/mol. The summed E-state index contributed by atoms with van der Waals surface area (Å²) in [6.07, 6.45) is 10.8. The third-order valence-electron chi connectivity index (χ3n) is 11.5. The van der Waals surface area contributed by atoms with E-state index in [4.69, 9.17) is 23.7 Å². The van der Waals surface area contributed by atoms with Crippen LogP contribution in [0.3, 0.4) is 0 Å². The van der Waals surface area contributed by atoms with Gasteiger partial charge < -0.3 is 23.7 Å². The van der Waals surface area contributed by atoms with Gasteiger partial charge in [-0.15, -0.1) is 0 Å². The molecule has 1 aromatic rings. The van der Waals surface area contributed by atoms with E-state index in [0.717, 1.165) is 57.1 Å². The van der Waals surface area contributed by atoms with Gasteiger partial charge in [0, 0.05) is 19.4 Å². The Labute approximate surface area is 282 Å². The summed E-state index contributed by atoms with van der Waals surface area (Å²) >= 11 is 0. The number of hydrogen-bond acceptors (Lipinski definition) is 5. The van der Waals surface area contributed by atoms with E-state index >= 15 is 0 Å². The fourth-order valence-electron chi connectivity index (χ4n) is 7.32. The van der Waals surface area contributed by atoms with Crippen LogP contribution < -0.4 is 0 Å². The Morgan fingerprint density at radius 3 is 2.41 bits per heavy atom. The number of benzene rings is 1. The lowest BCUT2D eigenvalue weighted by Gasteiger charge is -2.38. The van der Waals surface area contributed by atoms with E-state index in [1.165, 1.54) is 11.1 Å². The van der Waals surface area contributed by atoms with Gasteiger partial charge in [-0.3, -0.25) is 0 Å². The van der Waals surface area contributed by atoms with Gasteiger partial charge in [-0.1, -0.05) is 97.2 Å². The molecule has 4 rings (SSSR count). The van der Waals surface area contributed by atoms with Crippen LogP contribution in [-0.2, 0) is 25.1 Å². The Morgan fingerprint density at radius 1 is 1.02 bits per heavy atom. The molecule has 1 aromatic carbocycles. The van der Waals surface area contributed by atoms with Crippen LogP contribution in [0, 0.1) is 23.7 Å². The van der Waals surface area contributed by atoms with Crippen molar-refractivity contribution in [3.63, 3.8) is 0 Å². The summed E-state index contributed by atoms with van der Waals surface area (Å²) in [5.41, 5.74) is 3.73. The van der Waals surface area contributed by atoms with Gasteiger partial charge in [0.05, 0.1) is 43.2 Å². The molecule has 1 N–H and O–H groups in total. The third-order valence-corrected chi connectivity index (χ3v) is 16.0. The highest BCUT2D eigenvalue weighted by molar-refractivity contribution is 6.74. The first-order chi connectivity index (χ1) is 21.7. The van der Waals surface area contributed by atoms with Gasteiger partial charge in [0.15, 0.2) is 8.32 Å². The summed E-state index contributed by atoms with van der Waals surface area (Å²) in [5.74, 6) is 1.72. The summed E-state index contributed by atoms with van der Waals surface area (Å²) in [6, 6.07) is 10.9. The van der Waals surface area contributed by atoms with E-state index in [1.54, 1.807) is 6.08 Å². The number of ether oxygens (including phenoxy) is 3. The van der Waals surface area contributed by atoms with Crippen LogP contribution in [0.2, 0.25) is 18.1 Å². The average molecular weight is 653 g/mol. The quantitative estimate of drug-likeness (QED) is 0.161. The molecule has 3 fully saturated rings. The lowest BCUT2D eigenvalue weighted by atomic mass is 9.78. The summed E-state index contributed by atoms with van der Waals surface area (Å²) in [6.45, 7) is 28.3. The molecule has 0 aliphatic carbocycles. The standard InChI is InChI=1S/C40H64O5Si/c1-27(26-42-46(9,10)40(6,7)8)21-37-31(5)35(24-32-15-12-11-13-16-32)39(45-37)25-38-30(4)28(2)22-34(44-38)18-19-36-29(3)23-33(43-36)17-14-20-41/h11-17,27-28,31,33-39,41H,3-4,18-26H2,1-2,5-10H3/b17-14+/t27-,28+,31+,33-,34-,35+,36?,37+,38+,39?/m0/s1. The Hall–Kier alpha value is -1.54. The van der Waals surface area contributed by atoms with E-state index < -0.39 is 8.32 Å². The fourth-order valence-corrected chi connectivity index (χ4v) is 8.46. The summed E-state index contributed by atoms with van der Waals surface area (Å²) in [5, 5.41) is 9.35. The molecule has 0 spiro atoms. The largest absolute Gasteiger partial charge is 0.417 e. The Morgan fingerprint density at radius 2 is 1.74 bits per heavy atom. The molecule has 2 unspecified atom stereocenters. The molecule has 0 bridgehead atoms. The Balaban J connectivity index is 1.40. The Kier molecular flexibility index (Phi) is 13.2. The van der Waals surface area contributed by atoms with Crippen molar-refractivity contribution in [2.75, 3.05) is 13.2 Å². The van der Waals surface area contributed by atoms with Crippen molar-refractivity contribution in [2.45, 2.75) is 141 Å². The van der Waals surface area contributed by atoms with Crippen LogP contribution in [0.15, 0.2) is 66.8 Å². The van der Waals surface area contributed by atoms with E-state index in [1.807, 2.05) is 6.08 Å². The van der Waals surface area contributed by atoms with Crippen molar-refractivity contribution in [3.8, 4) is 0 Å². The molecule has 0 saturated carbocycles. The van der Waals surface area contributed by atoms with Gasteiger partial charge in [-0.25, -0.2) is 0 Å². The van der Waals surface area contributed by atoms with Crippen LogP contribution in [0.1, 0.15) is 85.6 Å². The second kappa shape index (κ2) is 16.2. The highest BCUT2D eigenvalue weighted by atomic mass is 28.4. The SMILES string of the molecule is C=C1C[C@H](/C=C/CO)OC1CC[C@H]1C[C@@H](C)C(=C)[C@@H](CC2O[C@H](C[C@H](C)CO[Si](C)(C)C(C)(C)C)[C@H](C)[C@H]2Cc2ccccc2)O1. The van der Waals surface area contributed by atoms with E-state index in [-0.39, 0.29) is 48.3 Å². The average Bonchev–Trinajstić information content (AvgIpc) is 3.49. The molecule has 46 heavy (non-hydrogen) atoms. The predicted octanol–water partition coefficient (Wildman–Crippen LogP) is 9.08. The maximum absolute atomic E-state index is 9.13. The summed E-state index contributed by atoms with van der Waals surface area (Å²) in [7, 11) is -1.79. The molecule has 10 atom stereocenters. The molecule has 3 aliphatic heterocycles. The number of hydrogen-bond donors (Lipinski definition) is 1. The predicted molar refractivity (Wildman–Crippen MR) is 192 cm³/mol. The highest BCUT2D eigenvalue weighted by Gasteiger charge is 2.45. The van der Waals surface area contributed by atoms with Gasteiger partial charge in [-0.05, 0) is 90.6 Å². The van der Waals surface area contributed by atoms with Crippen LogP contribution in [0.25, 0.3) is 0 Å².